The van der Waals surface area contributed by atoms with Gasteiger partial charge in [-0.2, -0.15) is 0 Å². The highest BCUT2D eigenvalue weighted by molar-refractivity contribution is 5.67. The molecule has 0 amide bonds. The van der Waals surface area contributed by atoms with Crippen molar-refractivity contribution in [2.75, 3.05) is 13.2 Å². The van der Waals surface area contributed by atoms with Crippen LogP contribution in [0.3, 0.4) is 0 Å². The number of morpholine rings is 1. The Bertz CT molecular complexity index is 918. The van der Waals surface area contributed by atoms with Crippen LogP contribution in [0.25, 0.3) is 11.2 Å². The lowest BCUT2D eigenvalue weighted by Crippen LogP contribution is -2.53. The SMILES string of the molecule is C1=C(c2cnc3cnccn23)CC2COCC1N2Cc1ccccc1. The predicted octanol–water partition coefficient (Wildman–Crippen LogP) is 2.79. The second kappa shape index (κ2) is 6.10. The van der Waals surface area contributed by atoms with Crippen LogP contribution < -0.4 is 0 Å². The van der Waals surface area contributed by atoms with Crippen LogP contribution >= 0.6 is 0 Å². The summed E-state index contributed by atoms with van der Waals surface area (Å²) in [6, 6.07) is 11.4. The van der Waals surface area contributed by atoms with E-state index < -0.39 is 0 Å². The molecular formula is C20H20N4O. The van der Waals surface area contributed by atoms with Crippen LogP contribution in [0.1, 0.15) is 17.7 Å². The molecule has 0 N–H and O–H groups in total. The summed E-state index contributed by atoms with van der Waals surface area (Å²) in [4.78, 5) is 11.2. The van der Waals surface area contributed by atoms with Gasteiger partial charge in [0.2, 0.25) is 0 Å². The van der Waals surface area contributed by atoms with Crippen molar-refractivity contribution in [3.63, 3.8) is 0 Å². The molecule has 2 aliphatic rings. The minimum atomic E-state index is 0.315. The van der Waals surface area contributed by atoms with Crippen molar-refractivity contribution in [2.24, 2.45) is 0 Å². The Balaban J connectivity index is 1.48. The van der Waals surface area contributed by atoms with E-state index >= 15 is 0 Å². The maximum Gasteiger partial charge on any atom is 0.155 e. The molecule has 2 unspecified atom stereocenters. The molecule has 5 heteroatoms. The molecule has 1 fully saturated rings. The molecule has 0 saturated carbocycles. The van der Waals surface area contributed by atoms with Crippen molar-refractivity contribution >= 4 is 11.2 Å². The Kier molecular flexibility index (Phi) is 3.61. The van der Waals surface area contributed by atoms with Gasteiger partial charge in [-0.3, -0.25) is 14.3 Å². The number of nitrogens with zero attached hydrogens (tertiary/aromatic N) is 4. The van der Waals surface area contributed by atoms with Gasteiger partial charge < -0.3 is 4.74 Å². The van der Waals surface area contributed by atoms with Gasteiger partial charge in [0.25, 0.3) is 0 Å². The Morgan fingerprint density at radius 2 is 2.04 bits per heavy atom. The number of rotatable bonds is 3. The van der Waals surface area contributed by atoms with Crippen LogP contribution in [0.4, 0.5) is 0 Å². The summed E-state index contributed by atoms with van der Waals surface area (Å²) in [5.74, 6) is 0. The minimum Gasteiger partial charge on any atom is -0.378 e. The molecule has 0 aliphatic carbocycles. The molecule has 4 heterocycles. The zero-order valence-electron chi connectivity index (χ0n) is 14.0. The summed E-state index contributed by atoms with van der Waals surface area (Å²) in [5, 5.41) is 0. The number of fused-ring (bicyclic) bond motifs is 3. The van der Waals surface area contributed by atoms with Gasteiger partial charge in [0, 0.05) is 25.0 Å². The molecule has 126 valence electrons. The zero-order valence-corrected chi connectivity index (χ0v) is 14.0. The van der Waals surface area contributed by atoms with Gasteiger partial charge in [0.1, 0.15) is 0 Å². The first-order valence-corrected chi connectivity index (χ1v) is 8.74. The molecule has 2 bridgehead atoms. The van der Waals surface area contributed by atoms with E-state index in [0.29, 0.717) is 12.1 Å². The van der Waals surface area contributed by atoms with Crippen molar-refractivity contribution < 1.29 is 4.74 Å². The topological polar surface area (TPSA) is 42.7 Å². The molecule has 2 aliphatic heterocycles. The van der Waals surface area contributed by atoms with Gasteiger partial charge in [-0.25, -0.2) is 4.98 Å². The van der Waals surface area contributed by atoms with Crippen molar-refractivity contribution in [3.05, 3.63) is 72.5 Å². The van der Waals surface area contributed by atoms with Crippen LogP contribution in [0.2, 0.25) is 0 Å². The van der Waals surface area contributed by atoms with Gasteiger partial charge in [-0.1, -0.05) is 36.4 Å². The number of hydrogen-bond acceptors (Lipinski definition) is 4. The lowest BCUT2D eigenvalue weighted by atomic mass is 9.92. The van der Waals surface area contributed by atoms with Crippen molar-refractivity contribution in [1.29, 1.82) is 0 Å². The van der Waals surface area contributed by atoms with E-state index in [1.165, 1.54) is 16.8 Å². The average Bonchev–Trinajstić information content (AvgIpc) is 3.06. The van der Waals surface area contributed by atoms with Crippen molar-refractivity contribution in [2.45, 2.75) is 25.0 Å². The maximum atomic E-state index is 5.84. The first kappa shape index (κ1) is 14.8. The molecule has 0 spiro atoms. The van der Waals surface area contributed by atoms with Crippen LogP contribution in [-0.2, 0) is 11.3 Å². The molecule has 5 nitrogen and oxygen atoms in total. The highest BCUT2D eigenvalue weighted by Gasteiger charge is 2.35. The van der Waals surface area contributed by atoms with E-state index in [9.17, 15) is 0 Å². The fourth-order valence-electron chi connectivity index (χ4n) is 3.97. The normalized spacial score (nSPS) is 23.6. The molecule has 0 radical (unpaired) electrons. The van der Waals surface area contributed by atoms with Crippen LogP contribution in [0.15, 0.2) is 61.2 Å². The quantitative estimate of drug-likeness (QED) is 0.740. The number of aromatic nitrogens is 3. The molecule has 3 aromatic rings. The van der Waals surface area contributed by atoms with Gasteiger partial charge in [0.05, 0.1) is 37.3 Å². The summed E-state index contributed by atoms with van der Waals surface area (Å²) in [6.45, 7) is 2.52. The van der Waals surface area contributed by atoms with Gasteiger partial charge >= 0.3 is 0 Å². The first-order chi connectivity index (χ1) is 12.4. The summed E-state index contributed by atoms with van der Waals surface area (Å²) < 4.78 is 7.97. The molecule has 25 heavy (non-hydrogen) atoms. The second-order valence-corrected chi connectivity index (χ2v) is 6.76. The lowest BCUT2D eigenvalue weighted by molar-refractivity contribution is -0.0403. The number of benzene rings is 1. The molecular weight excluding hydrogens is 312 g/mol. The Morgan fingerprint density at radius 3 is 2.92 bits per heavy atom. The summed E-state index contributed by atoms with van der Waals surface area (Å²) >= 11 is 0. The fourth-order valence-corrected chi connectivity index (χ4v) is 3.97. The summed E-state index contributed by atoms with van der Waals surface area (Å²) in [5.41, 5.74) is 4.79. The lowest BCUT2D eigenvalue weighted by Gasteiger charge is -2.44. The largest absolute Gasteiger partial charge is 0.378 e. The molecule has 2 aromatic heterocycles. The Labute approximate surface area is 146 Å². The van der Waals surface area contributed by atoms with Gasteiger partial charge in [-0.15, -0.1) is 0 Å². The number of imidazole rings is 1. The van der Waals surface area contributed by atoms with E-state index in [0.717, 1.165) is 31.8 Å². The molecule has 1 saturated heterocycles. The van der Waals surface area contributed by atoms with Crippen LogP contribution in [0, 0.1) is 0 Å². The highest BCUT2D eigenvalue weighted by atomic mass is 16.5. The van der Waals surface area contributed by atoms with Gasteiger partial charge in [0.15, 0.2) is 5.65 Å². The van der Waals surface area contributed by atoms with Crippen LogP contribution in [-0.4, -0.2) is 44.6 Å². The standard InChI is InChI=1S/C20H20N4O/c1-2-4-15(5-3-1)12-24-17-8-16(9-18(24)14-25-13-17)19-10-22-20-11-21-6-7-23(19)20/h1-8,10-11,17-18H,9,12-14H2. The summed E-state index contributed by atoms with van der Waals surface area (Å²) in [6.07, 6.45) is 10.9. The third kappa shape index (κ3) is 2.65. The third-order valence-electron chi connectivity index (χ3n) is 5.20. The van der Waals surface area contributed by atoms with E-state index in [1.54, 1.807) is 6.20 Å². The van der Waals surface area contributed by atoms with E-state index in [4.69, 9.17) is 4.74 Å². The van der Waals surface area contributed by atoms with Crippen molar-refractivity contribution in [1.82, 2.24) is 19.3 Å². The van der Waals surface area contributed by atoms with Gasteiger partial charge in [-0.05, 0) is 17.6 Å². The maximum absolute atomic E-state index is 5.84. The second-order valence-electron chi connectivity index (χ2n) is 6.76. The third-order valence-corrected chi connectivity index (χ3v) is 5.20. The van der Waals surface area contributed by atoms with E-state index in [-0.39, 0.29) is 0 Å². The smallest absolute Gasteiger partial charge is 0.155 e. The average molecular weight is 332 g/mol. The minimum absolute atomic E-state index is 0.315. The Morgan fingerprint density at radius 1 is 1.12 bits per heavy atom. The van der Waals surface area contributed by atoms with E-state index in [2.05, 4.69) is 55.7 Å². The number of hydrogen-bond donors (Lipinski definition) is 0. The van der Waals surface area contributed by atoms with E-state index in [1.807, 2.05) is 18.6 Å². The molecule has 1 aromatic carbocycles. The zero-order chi connectivity index (χ0) is 16.6. The Hall–Kier alpha value is -2.50. The predicted molar refractivity (Wildman–Crippen MR) is 96.0 cm³/mol. The first-order valence-electron chi connectivity index (χ1n) is 8.74. The monoisotopic (exact) mass is 332 g/mol. The summed E-state index contributed by atoms with van der Waals surface area (Å²) in [7, 11) is 0. The van der Waals surface area contributed by atoms with Crippen LogP contribution in [0.5, 0.6) is 0 Å². The molecule has 5 rings (SSSR count). The molecule has 2 atom stereocenters. The highest BCUT2D eigenvalue weighted by Crippen LogP contribution is 2.33. The number of ether oxygens (including phenoxy) is 1. The van der Waals surface area contributed by atoms with Crippen molar-refractivity contribution in [3.8, 4) is 0 Å². The fraction of sp³-hybridized carbons (Fsp3) is 0.300.